The fraction of sp³-hybridized carbons (Fsp3) is 0.250. The molecule has 7 nitrogen and oxygen atoms in total. The van der Waals surface area contributed by atoms with Gasteiger partial charge in [0.15, 0.2) is 0 Å². The monoisotopic (exact) mass is 368 g/mol. The van der Waals surface area contributed by atoms with Crippen molar-refractivity contribution in [3.05, 3.63) is 59.7 Å². The Morgan fingerprint density at radius 3 is 2.19 bits per heavy atom. The molecule has 27 heavy (non-hydrogen) atoms. The van der Waals surface area contributed by atoms with Gasteiger partial charge >= 0.3 is 6.03 Å². The summed E-state index contributed by atoms with van der Waals surface area (Å²) < 4.78 is 0. The lowest BCUT2D eigenvalue weighted by molar-refractivity contribution is -0.118. The van der Waals surface area contributed by atoms with Crippen LogP contribution in [-0.4, -0.2) is 30.9 Å². The summed E-state index contributed by atoms with van der Waals surface area (Å²) in [5.41, 5.74) is 2.88. The lowest BCUT2D eigenvalue weighted by atomic mass is 10.1. The van der Waals surface area contributed by atoms with Crippen LogP contribution in [0.1, 0.15) is 29.8 Å². The lowest BCUT2D eigenvalue weighted by Gasteiger charge is -2.11. The van der Waals surface area contributed by atoms with Crippen LogP contribution in [-0.2, 0) is 11.2 Å². The minimum Gasteiger partial charge on any atom is -0.355 e. The van der Waals surface area contributed by atoms with E-state index in [2.05, 4.69) is 21.3 Å². The first-order valence-electron chi connectivity index (χ1n) is 8.78. The van der Waals surface area contributed by atoms with E-state index in [4.69, 9.17) is 0 Å². The number of aryl methyl sites for hydroxylation is 1. The van der Waals surface area contributed by atoms with Crippen LogP contribution in [0.5, 0.6) is 0 Å². The molecular formula is C20H24N4O3. The highest BCUT2D eigenvalue weighted by Crippen LogP contribution is 2.16. The number of anilines is 2. The largest absolute Gasteiger partial charge is 0.355 e. The van der Waals surface area contributed by atoms with Crippen molar-refractivity contribution in [3.63, 3.8) is 0 Å². The van der Waals surface area contributed by atoms with E-state index in [1.807, 2.05) is 31.2 Å². The van der Waals surface area contributed by atoms with Gasteiger partial charge in [0.2, 0.25) is 5.91 Å². The Balaban J connectivity index is 1.86. The molecule has 7 heteroatoms. The predicted molar refractivity (Wildman–Crippen MR) is 106 cm³/mol. The van der Waals surface area contributed by atoms with E-state index in [1.165, 1.54) is 6.92 Å². The molecule has 0 aliphatic carbocycles. The summed E-state index contributed by atoms with van der Waals surface area (Å²) in [5.74, 6) is -0.382. The first kappa shape index (κ1) is 20.0. The van der Waals surface area contributed by atoms with Crippen molar-refractivity contribution in [1.29, 1.82) is 0 Å². The molecule has 0 saturated heterocycles. The first-order chi connectivity index (χ1) is 13.0. The van der Waals surface area contributed by atoms with Gasteiger partial charge in [0, 0.05) is 37.0 Å². The Bertz CT molecular complexity index is 803. The Hall–Kier alpha value is -3.35. The molecule has 2 rings (SSSR count). The zero-order valence-corrected chi connectivity index (χ0v) is 15.5. The maximum Gasteiger partial charge on any atom is 0.323 e. The molecule has 0 aliphatic rings. The highest BCUT2D eigenvalue weighted by Gasteiger charge is 2.08. The lowest BCUT2D eigenvalue weighted by Crippen LogP contribution is -2.33. The molecule has 0 saturated carbocycles. The number of rotatable bonds is 7. The van der Waals surface area contributed by atoms with Crippen molar-refractivity contribution in [2.75, 3.05) is 23.7 Å². The summed E-state index contributed by atoms with van der Waals surface area (Å²) in [5, 5.41) is 10.9. The zero-order chi connectivity index (χ0) is 19.6. The molecular weight excluding hydrogens is 344 g/mol. The predicted octanol–water partition coefficient (Wildman–Crippen LogP) is 2.76. The summed E-state index contributed by atoms with van der Waals surface area (Å²) in [6, 6.07) is 13.9. The normalized spacial score (nSPS) is 10.0. The van der Waals surface area contributed by atoms with E-state index < -0.39 is 0 Å². The number of carbonyl (C=O) groups excluding carboxylic acids is 3. The molecule has 0 atom stereocenters. The molecule has 0 fully saturated rings. The third kappa shape index (κ3) is 6.47. The molecule has 0 heterocycles. The average Bonchev–Trinajstić information content (AvgIpc) is 2.66. The van der Waals surface area contributed by atoms with E-state index >= 15 is 0 Å². The van der Waals surface area contributed by atoms with E-state index in [1.54, 1.807) is 24.3 Å². The van der Waals surface area contributed by atoms with E-state index in [9.17, 15) is 14.4 Å². The van der Waals surface area contributed by atoms with Gasteiger partial charge < -0.3 is 21.3 Å². The molecule has 142 valence electrons. The molecule has 0 bridgehead atoms. The minimum absolute atomic E-state index is 0.139. The smallest absolute Gasteiger partial charge is 0.323 e. The Kier molecular flexibility index (Phi) is 7.37. The Labute approximate surface area is 158 Å². The molecule has 0 aromatic heterocycles. The zero-order valence-electron chi connectivity index (χ0n) is 15.5. The third-order valence-electron chi connectivity index (χ3n) is 3.84. The van der Waals surface area contributed by atoms with Crippen LogP contribution in [0, 0.1) is 0 Å². The van der Waals surface area contributed by atoms with Crippen molar-refractivity contribution in [1.82, 2.24) is 10.6 Å². The molecule has 2 aromatic rings. The fourth-order valence-electron chi connectivity index (χ4n) is 2.46. The third-order valence-corrected chi connectivity index (χ3v) is 3.84. The summed E-state index contributed by atoms with van der Waals surface area (Å²) in [6.07, 6.45) is 0.822. The number of hydrogen-bond acceptors (Lipinski definition) is 3. The number of para-hydroxylation sites is 1. The van der Waals surface area contributed by atoms with Crippen LogP contribution >= 0.6 is 0 Å². The van der Waals surface area contributed by atoms with Crippen LogP contribution in [0.25, 0.3) is 0 Å². The minimum atomic E-state index is -0.344. The van der Waals surface area contributed by atoms with Gasteiger partial charge in [-0.2, -0.15) is 0 Å². The highest BCUT2D eigenvalue weighted by atomic mass is 16.2. The number of carbonyl (C=O) groups is 3. The fourth-order valence-corrected chi connectivity index (χ4v) is 2.46. The maximum atomic E-state index is 12.2. The summed E-state index contributed by atoms with van der Waals surface area (Å²) in [4.78, 5) is 34.9. The van der Waals surface area contributed by atoms with Gasteiger partial charge in [0.1, 0.15) is 0 Å². The number of amides is 4. The Morgan fingerprint density at radius 2 is 1.52 bits per heavy atom. The topological polar surface area (TPSA) is 99.3 Å². The van der Waals surface area contributed by atoms with Gasteiger partial charge in [-0.3, -0.25) is 9.59 Å². The van der Waals surface area contributed by atoms with Crippen LogP contribution in [0.3, 0.4) is 0 Å². The second-order valence-electron chi connectivity index (χ2n) is 5.91. The number of benzene rings is 2. The Morgan fingerprint density at radius 1 is 0.852 bits per heavy atom. The standard InChI is InChI=1S/C20H24N4O3/c1-3-15-6-4-5-7-18(15)24-20(27)23-17-10-8-16(9-11-17)19(26)22-13-12-21-14(2)25/h4-11H,3,12-13H2,1-2H3,(H,21,25)(H,22,26)(H2,23,24,27). The van der Waals surface area contributed by atoms with Gasteiger partial charge in [0.25, 0.3) is 5.91 Å². The first-order valence-corrected chi connectivity index (χ1v) is 8.78. The van der Waals surface area contributed by atoms with Gasteiger partial charge in [-0.05, 0) is 42.3 Å². The van der Waals surface area contributed by atoms with Crippen molar-refractivity contribution in [3.8, 4) is 0 Å². The maximum absolute atomic E-state index is 12.2. The molecule has 0 spiro atoms. The van der Waals surface area contributed by atoms with Crippen molar-refractivity contribution in [2.45, 2.75) is 20.3 Å². The van der Waals surface area contributed by atoms with Crippen LogP contribution in [0.4, 0.5) is 16.2 Å². The van der Waals surface area contributed by atoms with Gasteiger partial charge in [-0.25, -0.2) is 4.79 Å². The molecule has 0 radical (unpaired) electrons. The van der Waals surface area contributed by atoms with Crippen LogP contribution in [0.15, 0.2) is 48.5 Å². The van der Waals surface area contributed by atoms with E-state index in [0.717, 1.165) is 17.7 Å². The molecule has 4 N–H and O–H groups in total. The van der Waals surface area contributed by atoms with E-state index in [-0.39, 0.29) is 17.8 Å². The second-order valence-corrected chi connectivity index (χ2v) is 5.91. The van der Waals surface area contributed by atoms with Crippen LogP contribution in [0.2, 0.25) is 0 Å². The molecule has 0 unspecified atom stereocenters. The SMILES string of the molecule is CCc1ccccc1NC(=O)Nc1ccc(C(=O)NCCNC(C)=O)cc1. The summed E-state index contributed by atoms with van der Waals surface area (Å²) >= 11 is 0. The van der Waals surface area contributed by atoms with Crippen molar-refractivity contribution < 1.29 is 14.4 Å². The number of urea groups is 1. The highest BCUT2D eigenvalue weighted by molar-refractivity contribution is 6.01. The van der Waals surface area contributed by atoms with Crippen molar-refractivity contribution >= 4 is 29.2 Å². The van der Waals surface area contributed by atoms with Crippen LogP contribution < -0.4 is 21.3 Å². The number of nitrogens with one attached hydrogen (secondary N) is 4. The average molecular weight is 368 g/mol. The second kappa shape index (κ2) is 9.96. The quantitative estimate of drug-likeness (QED) is 0.566. The van der Waals surface area contributed by atoms with Crippen molar-refractivity contribution in [2.24, 2.45) is 0 Å². The van der Waals surface area contributed by atoms with Gasteiger partial charge in [0.05, 0.1) is 0 Å². The molecule has 4 amide bonds. The van der Waals surface area contributed by atoms with Gasteiger partial charge in [-0.15, -0.1) is 0 Å². The summed E-state index contributed by atoms with van der Waals surface area (Å²) in [7, 11) is 0. The van der Waals surface area contributed by atoms with Gasteiger partial charge in [-0.1, -0.05) is 25.1 Å². The molecule has 0 aliphatic heterocycles. The van der Waals surface area contributed by atoms with E-state index in [0.29, 0.717) is 24.3 Å². The molecule has 2 aromatic carbocycles. The number of hydrogen-bond donors (Lipinski definition) is 4. The summed E-state index contributed by atoms with van der Waals surface area (Å²) in [6.45, 7) is 4.17.